The van der Waals surface area contributed by atoms with Crippen LogP contribution in [-0.2, 0) is 5.75 Å². The number of aromatic nitrogens is 3. The van der Waals surface area contributed by atoms with Gasteiger partial charge in [-0.15, -0.1) is 5.10 Å². The highest BCUT2D eigenvalue weighted by Gasteiger charge is 2.10. The van der Waals surface area contributed by atoms with Gasteiger partial charge in [0.05, 0.1) is 0 Å². The standard InChI is InChI=1S/C10H11FN6OS/c11-7-2-1-5(8(18)15-13)3-6(7)4-19-10-14-9(12)16-17-10/h1-3H,4,13H2,(H,15,18)(H3,12,14,16,17). The zero-order valence-electron chi connectivity index (χ0n) is 9.68. The van der Waals surface area contributed by atoms with Crippen LogP contribution in [0.1, 0.15) is 15.9 Å². The molecule has 0 spiro atoms. The Kier molecular flexibility index (Phi) is 3.97. The summed E-state index contributed by atoms with van der Waals surface area (Å²) in [7, 11) is 0. The summed E-state index contributed by atoms with van der Waals surface area (Å²) in [6, 6.07) is 4.00. The molecule has 1 amide bonds. The molecule has 0 atom stereocenters. The van der Waals surface area contributed by atoms with Gasteiger partial charge in [-0.05, 0) is 23.8 Å². The van der Waals surface area contributed by atoms with Crippen molar-refractivity contribution >= 4 is 23.6 Å². The first-order chi connectivity index (χ1) is 9.10. The second-order valence-corrected chi connectivity index (χ2v) is 4.51. The fourth-order valence-corrected chi connectivity index (χ4v) is 2.15. The van der Waals surface area contributed by atoms with Crippen LogP contribution >= 0.6 is 11.8 Å². The minimum Gasteiger partial charge on any atom is -0.368 e. The Bertz CT molecular complexity index is 601. The number of carbonyl (C=O) groups excluding carboxylic acids is 1. The largest absolute Gasteiger partial charge is 0.368 e. The molecule has 0 bridgehead atoms. The number of aromatic amines is 1. The third kappa shape index (κ3) is 3.20. The molecule has 19 heavy (non-hydrogen) atoms. The zero-order chi connectivity index (χ0) is 13.8. The maximum atomic E-state index is 13.6. The van der Waals surface area contributed by atoms with Crippen molar-refractivity contribution < 1.29 is 9.18 Å². The molecule has 6 N–H and O–H groups in total. The summed E-state index contributed by atoms with van der Waals surface area (Å²) in [4.78, 5) is 15.2. The Morgan fingerprint density at radius 1 is 1.53 bits per heavy atom. The van der Waals surface area contributed by atoms with E-state index in [0.717, 1.165) is 0 Å². The highest BCUT2D eigenvalue weighted by molar-refractivity contribution is 7.98. The van der Waals surface area contributed by atoms with Gasteiger partial charge in [0.1, 0.15) is 5.82 Å². The smallest absolute Gasteiger partial charge is 0.265 e. The summed E-state index contributed by atoms with van der Waals surface area (Å²) >= 11 is 1.20. The molecule has 2 rings (SSSR count). The number of hydrogen-bond donors (Lipinski definition) is 4. The van der Waals surface area contributed by atoms with E-state index in [9.17, 15) is 9.18 Å². The topological polar surface area (TPSA) is 123 Å². The van der Waals surface area contributed by atoms with Crippen molar-refractivity contribution in [2.24, 2.45) is 5.84 Å². The van der Waals surface area contributed by atoms with E-state index in [1.54, 1.807) is 0 Å². The number of nitrogens with one attached hydrogen (secondary N) is 2. The first-order valence-corrected chi connectivity index (χ1v) is 6.18. The van der Waals surface area contributed by atoms with E-state index in [4.69, 9.17) is 11.6 Å². The number of carbonyl (C=O) groups is 1. The Hall–Kier alpha value is -2.13. The number of hydrazine groups is 1. The Labute approximate surface area is 111 Å². The van der Waals surface area contributed by atoms with Crippen LogP contribution in [0.15, 0.2) is 23.4 Å². The van der Waals surface area contributed by atoms with E-state index in [-0.39, 0.29) is 17.3 Å². The van der Waals surface area contributed by atoms with Crippen LogP contribution < -0.4 is 17.0 Å². The number of hydrogen-bond acceptors (Lipinski definition) is 6. The third-order valence-electron chi connectivity index (χ3n) is 2.28. The lowest BCUT2D eigenvalue weighted by Crippen LogP contribution is -2.30. The van der Waals surface area contributed by atoms with Crippen LogP contribution in [-0.4, -0.2) is 21.1 Å². The van der Waals surface area contributed by atoms with Crippen molar-refractivity contribution in [1.82, 2.24) is 20.6 Å². The molecule has 100 valence electrons. The number of rotatable bonds is 4. The van der Waals surface area contributed by atoms with Gasteiger partial charge in [-0.1, -0.05) is 11.8 Å². The van der Waals surface area contributed by atoms with Gasteiger partial charge in [0, 0.05) is 11.3 Å². The van der Waals surface area contributed by atoms with Crippen molar-refractivity contribution in [1.29, 1.82) is 0 Å². The molecule has 1 aromatic heterocycles. The summed E-state index contributed by atoms with van der Waals surface area (Å²) in [5.41, 5.74) is 8.01. The molecule has 0 radical (unpaired) electrons. The van der Waals surface area contributed by atoms with Crippen molar-refractivity contribution in [3.05, 3.63) is 35.1 Å². The Morgan fingerprint density at radius 3 is 2.95 bits per heavy atom. The molecule has 0 aliphatic heterocycles. The highest BCUT2D eigenvalue weighted by atomic mass is 32.2. The van der Waals surface area contributed by atoms with Crippen LogP contribution in [0.2, 0.25) is 0 Å². The first-order valence-electron chi connectivity index (χ1n) is 5.20. The van der Waals surface area contributed by atoms with Crippen molar-refractivity contribution in [3.63, 3.8) is 0 Å². The number of anilines is 1. The highest BCUT2D eigenvalue weighted by Crippen LogP contribution is 2.22. The second kappa shape index (κ2) is 5.67. The predicted octanol–water partition coefficient (Wildman–Crippen LogP) is 0.422. The van der Waals surface area contributed by atoms with Gasteiger partial charge in [0.25, 0.3) is 5.91 Å². The van der Waals surface area contributed by atoms with Crippen LogP contribution in [0.3, 0.4) is 0 Å². The van der Waals surface area contributed by atoms with Crippen molar-refractivity contribution in [2.75, 3.05) is 5.73 Å². The predicted molar refractivity (Wildman–Crippen MR) is 68.4 cm³/mol. The van der Waals surface area contributed by atoms with E-state index in [1.807, 2.05) is 5.43 Å². The molecule has 0 aliphatic carbocycles. The molecule has 0 fully saturated rings. The van der Waals surface area contributed by atoms with Crippen LogP contribution in [0, 0.1) is 5.82 Å². The number of nitrogens with two attached hydrogens (primary N) is 2. The van der Waals surface area contributed by atoms with Crippen LogP contribution in [0.5, 0.6) is 0 Å². The number of H-pyrrole nitrogens is 1. The molecule has 0 aliphatic rings. The summed E-state index contributed by atoms with van der Waals surface area (Å²) in [5.74, 6) is 4.60. The lowest BCUT2D eigenvalue weighted by molar-refractivity contribution is 0.0953. The Morgan fingerprint density at radius 2 is 2.32 bits per heavy atom. The fourth-order valence-electron chi connectivity index (χ4n) is 1.37. The second-order valence-electron chi connectivity index (χ2n) is 3.57. The summed E-state index contributed by atoms with van der Waals surface area (Å²) in [6.07, 6.45) is 0. The van der Waals surface area contributed by atoms with E-state index in [2.05, 4.69) is 15.2 Å². The molecular weight excluding hydrogens is 271 g/mol. The van der Waals surface area contributed by atoms with Gasteiger partial charge >= 0.3 is 0 Å². The number of halogens is 1. The molecule has 0 saturated heterocycles. The number of nitrogens with zero attached hydrogens (tertiary/aromatic N) is 2. The molecule has 2 aromatic rings. The van der Waals surface area contributed by atoms with Crippen molar-refractivity contribution in [2.45, 2.75) is 10.9 Å². The van der Waals surface area contributed by atoms with Gasteiger partial charge in [-0.25, -0.2) is 15.3 Å². The molecule has 7 nitrogen and oxygen atoms in total. The molecule has 1 aromatic carbocycles. The van der Waals surface area contributed by atoms with Gasteiger partial charge in [-0.3, -0.25) is 10.2 Å². The average molecular weight is 282 g/mol. The fraction of sp³-hybridized carbons (Fsp3) is 0.100. The van der Waals surface area contributed by atoms with Gasteiger partial charge in [-0.2, -0.15) is 4.98 Å². The molecule has 1 heterocycles. The van der Waals surface area contributed by atoms with Crippen LogP contribution in [0.4, 0.5) is 10.3 Å². The lowest BCUT2D eigenvalue weighted by Gasteiger charge is -2.04. The van der Waals surface area contributed by atoms with Crippen molar-refractivity contribution in [3.8, 4) is 0 Å². The lowest BCUT2D eigenvalue weighted by atomic mass is 10.1. The summed E-state index contributed by atoms with van der Waals surface area (Å²) in [5, 5.41) is 6.70. The monoisotopic (exact) mass is 282 g/mol. The summed E-state index contributed by atoms with van der Waals surface area (Å²) < 4.78 is 13.6. The molecule has 0 unspecified atom stereocenters. The number of amides is 1. The maximum absolute atomic E-state index is 13.6. The molecular formula is C10H11FN6OS. The number of benzene rings is 1. The van der Waals surface area contributed by atoms with Gasteiger partial charge in [0.15, 0.2) is 0 Å². The third-order valence-corrected chi connectivity index (χ3v) is 3.17. The van der Waals surface area contributed by atoms with E-state index in [1.165, 1.54) is 30.0 Å². The van der Waals surface area contributed by atoms with E-state index in [0.29, 0.717) is 10.7 Å². The Balaban J connectivity index is 2.12. The zero-order valence-corrected chi connectivity index (χ0v) is 10.5. The maximum Gasteiger partial charge on any atom is 0.265 e. The number of nitrogen functional groups attached to an aromatic ring is 2. The minimum absolute atomic E-state index is 0.194. The normalized spacial score (nSPS) is 10.4. The average Bonchev–Trinajstić information content (AvgIpc) is 2.82. The summed E-state index contributed by atoms with van der Waals surface area (Å²) in [6.45, 7) is 0. The number of thioether (sulfide) groups is 1. The molecule has 0 saturated carbocycles. The van der Waals surface area contributed by atoms with Crippen LogP contribution in [0.25, 0.3) is 0 Å². The minimum atomic E-state index is -0.478. The molecule has 9 heteroatoms. The van der Waals surface area contributed by atoms with E-state index < -0.39 is 11.7 Å². The first kappa shape index (κ1) is 13.3. The SMILES string of the molecule is NNC(=O)c1ccc(F)c(CSc2n[nH]c(N)n2)c1. The van der Waals surface area contributed by atoms with Gasteiger partial charge in [0.2, 0.25) is 11.1 Å². The quantitative estimate of drug-likeness (QED) is 0.279. The van der Waals surface area contributed by atoms with Gasteiger partial charge < -0.3 is 5.73 Å². The van der Waals surface area contributed by atoms with E-state index >= 15 is 0 Å².